The third-order valence-corrected chi connectivity index (χ3v) is 6.34. The van der Waals surface area contributed by atoms with Crippen LogP contribution in [0.2, 0.25) is 0 Å². The zero-order chi connectivity index (χ0) is 24.4. The van der Waals surface area contributed by atoms with E-state index in [-0.39, 0.29) is 17.3 Å². The van der Waals surface area contributed by atoms with Gasteiger partial charge in [0.1, 0.15) is 0 Å². The number of carbonyl (C=O) groups is 1. The molecule has 0 unspecified atom stereocenters. The minimum atomic E-state index is -0.497. The van der Waals surface area contributed by atoms with Gasteiger partial charge < -0.3 is 10.6 Å². The number of rotatable bonds is 6. The highest BCUT2D eigenvalue weighted by molar-refractivity contribution is 9.10. The molecule has 1 aliphatic heterocycles. The SMILES string of the molecule is C/C(=N\NC(=O)c1nnn(-c2nonc2N)c1CN1CCCc2ccccc21)c1ccc(Br)cc1. The molecule has 0 fully saturated rings. The van der Waals surface area contributed by atoms with Crippen LogP contribution in [0.15, 0.2) is 62.7 Å². The topological polar surface area (TPSA) is 140 Å². The lowest BCUT2D eigenvalue weighted by molar-refractivity contribution is 0.0948. The number of hydrogen-bond acceptors (Lipinski definition) is 9. The molecule has 12 heteroatoms. The summed E-state index contributed by atoms with van der Waals surface area (Å²) in [6.07, 6.45) is 1.99. The van der Waals surface area contributed by atoms with Crippen molar-refractivity contribution in [3.05, 3.63) is 75.5 Å². The highest BCUT2D eigenvalue weighted by Gasteiger charge is 2.27. The van der Waals surface area contributed by atoms with E-state index in [1.165, 1.54) is 10.2 Å². The number of nitrogen functional groups attached to an aromatic ring is 1. The zero-order valence-electron chi connectivity index (χ0n) is 18.8. The Morgan fingerprint density at radius 3 is 2.77 bits per heavy atom. The zero-order valence-corrected chi connectivity index (χ0v) is 20.4. The lowest BCUT2D eigenvalue weighted by Gasteiger charge is -2.31. The predicted octanol–water partition coefficient (Wildman–Crippen LogP) is 3.10. The summed E-state index contributed by atoms with van der Waals surface area (Å²) < 4.78 is 7.10. The summed E-state index contributed by atoms with van der Waals surface area (Å²) in [4.78, 5) is 15.3. The molecule has 1 amide bonds. The van der Waals surface area contributed by atoms with Crippen molar-refractivity contribution >= 4 is 39.1 Å². The van der Waals surface area contributed by atoms with Gasteiger partial charge in [-0.2, -0.15) is 9.78 Å². The van der Waals surface area contributed by atoms with Gasteiger partial charge >= 0.3 is 0 Å². The molecule has 0 bridgehead atoms. The lowest BCUT2D eigenvalue weighted by atomic mass is 10.0. The molecule has 4 aromatic rings. The van der Waals surface area contributed by atoms with Gasteiger partial charge in [-0.3, -0.25) is 4.79 Å². The molecule has 35 heavy (non-hydrogen) atoms. The van der Waals surface area contributed by atoms with Crippen molar-refractivity contribution in [2.75, 3.05) is 17.2 Å². The molecule has 0 spiro atoms. The van der Waals surface area contributed by atoms with Crippen LogP contribution in [-0.2, 0) is 13.0 Å². The molecule has 0 radical (unpaired) electrons. The summed E-state index contributed by atoms with van der Waals surface area (Å²) in [6, 6.07) is 15.8. The number of hydrogen-bond donors (Lipinski definition) is 2. The quantitative estimate of drug-likeness (QED) is 0.283. The number of nitrogens with two attached hydrogens (primary N) is 1. The molecule has 0 saturated carbocycles. The smallest absolute Gasteiger partial charge is 0.293 e. The molecule has 0 saturated heterocycles. The molecular formula is C23H22BrN9O2. The largest absolute Gasteiger partial charge is 0.378 e. The van der Waals surface area contributed by atoms with Crippen molar-refractivity contribution in [3.8, 4) is 5.82 Å². The van der Waals surface area contributed by atoms with Crippen molar-refractivity contribution in [1.82, 2.24) is 30.7 Å². The van der Waals surface area contributed by atoms with E-state index in [1.54, 1.807) is 0 Å². The molecule has 178 valence electrons. The standard InChI is InChI=1S/C23H22BrN9O2/c1-14(15-8-10-17(24)11-9-15)26-28-23(34)20-19(33(31-27-20)22-21(25)29-35-30-22)13-32-12-4-6-16-5-2-3-7-18(16)32/h2-3,5,7-11H,4,6,12-13H2,1H3,(H2,25,29)(H,28,34)/b26-14+. The predicted molar refractivity (Wildman–Crippen MR) is 133 cm³/mol. The van der Waals surface area contributed by atoms with Crippen LogP contribution < -0.4 is 16.1 Å². The number of amides is 1. The summed E-state index contributed by atoms with van der Waals surface area (Å²) in [7, 11) is 0. The van der Waals surface area contributed by atoms with E-state index in [4.69, 9.17) is 10.4 Å². The Bertz CT molecular complexity index is 1390. The van der Waals surface area contributed by atoms with Crippen LogP contribution in [-0.4, -0.2) is 43.5 Å². The van der Waals surface area contributed by atoms with Gasteiger partial charge in [0, 0.05) is 16.7 Å². The van der Waals surface area contributed by atoms with E-state index in [2.05, 4.69) is 64.1 Å². The van der Waals surface area contributed by atoms with Crippen molar-refractivity contribution in [2.45, 2.75) is 26.3 Å². The summed E-state index contributed by atoms with van der Waals surface area (Å²) in [5, 5.41) is 20.0. The number of aromatic nitrogens is 5. The second-order valence-corrected chi connectivity index (χ2v) is 8.98. The van der Waals surface area contributed by atoms with Crippen LogP contribution in [0.4, 0.5) is 11.5 Å². The van der Waals surface area contributed by atoms with Crippen molar-refractivity contribution < 1.29 is 9.42 Å². The van der Waals surface area contributed by atoms with Gasteiger partial charge in [-0.05, 0) is 59.4 Å². The first-order valence-corrected chi connectivity index (χ1v) is 11.8. The van der Waals surface area contributed by atoms with Gasteiger partial charge in [-0.1, -0.05) is 51.5 Å². The molecule has 2 aromatic carbocycles. The number of aryl methyl sites for hydroxylation is 1. The van der Waals surface area contributed by atoms with Crippen molar-refractivity contribution in [3.63, 3.8) is 0 Å². The second kappa shape index (κ2) is 9.66. The number of benzene rings is 2. The maximum absolute atomic E-state index is 13.2. The van der Waals surface area contributed by atoms with Crippen LogP contribution in [0.25, 0.3) is 5.82 Å². The van der Waals surface area contributed by atoms with Crippen LogP contribution in [0.3, 0.4) is 0 Å². The van der Waals surface area contributed by atoms with Crippen molar-refractivity contribution in [1.29, 1.82) is 0 Å². The summed E-state index contributed by atoms with van der Waals surface area (Å²) >= 11 is 3.41. The first kappa shape index (κ1) is 22.7. The van der Waals surface area contributed by atoms with E-state index >= 15 is 0 Å². The average molecular weight is 536 g/mol. The maximum Gasteiger partial charge on any atom is 0.293 e. The third-order valence-electron chi connectivity index (χ3n) is 5.81. The molecule has 0 aliphatic carbocycles. The summed E-state index contributed by atoms with van der Waals surface area (Å²) in [5.74, 6) is -0.277. The van der Waals surface area contributed by atoms with Gasteiger partial charge in [0.05, 0.1) is 18.0 Å². The first-order valence-electron chi connectivity index (χ1n) is 11.0. The van der Waals surface area contributed by atoms with Gasteiger partial charge in [0.2, 0.25) is 11.6 Å². The Hall–Kier alpha value is -4.06. The number of carbonyl (C=O) groups excluding carboxylic acids is 1. The van der Waals surface area contributed by atoms with Crippen molar-refractivity contribution in [2.24, 2.45) is 5.10 Å². The highest BCUT2D eigenvalue weighted by atomic mass is 79.9. The van der Waals surface area contributed by atoms with Gasteiger partial charge in [-0.25, -0.2) is 10.1 Å². The molecular weight excluding hydrogens is 514 g/mol. The number of halogens is 1. The number of nitrogens with zero attached hydrogens (tertiary/aromatic N) is 7. The Morgan fingerprint density at radius 1 is 1.20 bits per heavy atom. The number of para-hydroxylation sites is 1. The van der Waals surface area contributed by atoms with E-state index < -0.39 is 5.91 Å². The molecule has 2 aromatic heterocycles. The molecule has 3 N–H and O–H groups in total. The molecule has 3 heterocycles. The fourth-order valence-corrected chi connectivity index (χ4v) is 4.29. The number of hydrazone groups is 1. The summed E-state index contributed by atoms with van der Waals surface area (Å²) in [6.45, 7) is 2.98. The van der Waals surface area contributed by atoms with E-state index in [0.29, 0.717) is 18.0 Å². The van der Waals surface area contributed by atoms with Gasteiger partial charge in [-0.15, -0.1) is 5.10 Å². The Labute approximate surface area is 209 Å². The first-order chi connectivity index (χ1) is 17.0. The van der Waals surface area contributed by atoms with Gasteiger partial charge in [0.25, 0.3) is 5.91 Å². The number of anilines is 2. The fourth-order valence-electron chi connectivity index (χ4n) is 4.03. The Morgan fingerprint density at radius 2 is 2.00 bits per heavy atom. The van der Waals surface area contributed by atoms with E-state index in [0.717, 1.165) is 35.1 Å². The fraction of sp³-hybridized carbons (Fsp3) is 0.217. The van der Waals surface area contributed by atoms with Gasteiger partial charge in [0.15, 0.2) is 5.69 Å². The Balaban J connectivity index is 1.47. The number of nitrogens with one attached hydrogen (secondary N) is 1. The summed E-state index contributed by atoms with van der Waals surface area (Å²) in [5.41, 5.74) is 13.0. The number of fused-ring (bicyclic) bond motifs is 1. The second-order valence-electron chi connectivity index (χ2n) is 8.07. The van der Waals surface area contributed by atoms with E-state index in [1.807, 2.05) is 43.3 Å². The minimum Gasteiger partial charge on any atom is -0.378 e. The molecule has 5 rings (SSSR count). The maximum atomic E-state index is 13.2. The van der Waals surface area contributed by atoms with Crippen LogP contribution in [0.1, 0.15) is 40.7 Å². The molecule has 11 nitrogen and oxygen atoms in total. The highest BCUT2D eigenvalue weighted by Crippen LogP contribution is 2.29. The van der Waals surface area contributed by atoms with E-state index in [9.17, 15) is 4.79 Å². The normalized spacial score (nSPS) is 13.5. The van der Waals surface area contributed by atoms with Crippen LogP contribution in [0.5, 0.6) is 0 Å². The Kier molecular flexibility index (Phi) is 6.27. The molecule has 0 atom stereocenters. The molecule has 1 aliphatic rings. The monoisotopic (exact) mass is 535 g/mol. The lowest BCUT2D eigenvalue weighted by Crippen LogP contribution is -2.31. The average Bonchev–Trinajstić information content (AvgIpc) is 3.48. The third kappa shape index (κ3) is 4.64. The van der Waals surface area contributed by atoms with Crippen LogP contribution >= 0.6 is 15.9 Å². The van der Waals surface area contributed by atoms with Crippen LogP contribution in [0, 0.1) is 0 Å². The minimum absolute atomic E-state index is 0.0475.